The number of esters is 1. The van der Waals surface area contributed by atoms with Gasteiger partial charge in [0.1, 0.15) is 5.78 Å². The van der Waals surface area contributed by atoms with E-state index in [0.717, 1.165) is 49.1 Å². The van der Waals surface area contributed by atoms with Gasteiger partial charge in [-0.15, -0.1) is 22.7 Å². The van der Waals surface area contributed by atoms with Crippen LogP contribution in [0.15, 0.2) is 45.7 Å². The molecule has 0 spiro atoms. The van der Waals surface area contributed by atoms with E-state index >= 15 is 0 Å². The quantitative estimate of drug-likeness (QED) is 0.460. The zero-order chi connectivity index (χ0) is 24.6. The first-order valence-corrected chi connectivity index (χ1v) is 14.7. The number of hydrogen-bond donors (Lipinski definition) is 0. The number of carbonyl (C=O) groups is 3. The van der Waals surface area contributed by atoms with E-state index < -0.39 is 0 Å². The predicted molar refractivity (Wildman–Crippen MR) is 140 cm³/mol. The number of allylic oxidation sites excluding steroid dienone is 1. The van der Waals surface area contributed by atoms with Gasteiger partial charge in [0.15, 0.2) is 6.61 Å². The lowest BCUT2D eigenvalue weighted by atomic mass is 9.67. The molecule has 0 N–H and O–H groups in total. The Hall–Kier alpha value is -2.58. The molecule has 3 heterocycles. The third kappa shape index (κ3) is 4.50. The average Bonchev–Trinajstić information content (AvgIpc) is 3.63. The Morgan fingerprint density at radius 3 is 2.56 bits per heavy atom. The van der Waals surface area contributed by atoms with Crippen molar-refractivity contribution in [1.82, 2.24) is 5.01 Å². The largest absolute Gasteiger partial charge is 0.455 e. The van der Waals surface area contributed by atoms with Crippen LogP contribution >= 0.6 is 22.7 Å². The number of carbonyl (C=O) groups excluding carboxylic acids is 3. The summed E-state index contributed by atoms with van der Waals surface area (Å²) in [5, 5.41) is 10.5. The average molecular weight is 523 g/mol. The zero-order valence-electron chi connectivity index (χ0n) is 20.1. The van der Waals surface area contributed by atoms with E-state index in [2.05, 4.69) is 23.6 Å². The van der Waals surface area contributed by atoms with Crippen molar-refractivity contribution in [1.29, 1.82) is 0 Å². The third-order valence-electron chi connectivity index (χ3n) is 8.17. The van der Waals surface area contributed by atoms with Gasteiger partial charge in [-0.05, 0) is 79.5 Å². The summed E-state index contributed by atoms with van der Waals surface area (Å²) in [6, 6.07) is 8.05. The van der Waals surface area contributed by atoms with Crippen molar-refractivity contribution >= 4 is 52.1 Å². The second-order valence-electron chi connectivity index (χ2n) is 10.4. The van der Waals surface area contributed by atoms with Gasteiger partial charge in [-0.3, -0.25) is 14.4 Å². The fraction of sp³-hybridized carbons (Fsp3) is 0.500. The summed E-state index contributed by atoms with van der Waals surface area (Å²) in [5.74, 6) is -0.485. The third-order valence-corrected chi connectivity index (χ3v) is 9.93. The number of rotatable bonds is 5. The SMILES string of the molecule is O=C(OCC(=O)N1N=C2/C(=C/c3cccs3)CCC[C@@H]2[C@@H]1c1cccs1)C1C[C@H]2CCC[C@H](C1)C2=O. The molecule has 0 unspecified atom stereocenters. The van der Waals surface area contributed by atoms with Crippen LogP contribution in [0.25, 0.3) is 6.08 Å². The zero-order valence-corrected chi connectivity index (χ0v) is 21.8. The monoisotopic (exact) mass is 522 g/mol. The fourth-order valence-electron chi connectivity index (χ4n) is 6.48. The number of thiophene rings is 2. The molecule has 6 nitrogen and oxygen atoms in total. The van der Waals surface area contributed by atoms with Crippen molar-refractivity contribution in [3.8, 4) is 0 Å². The van der Waals surface area contributed by atoms with Gasteiger partial charge in [-0.1, -0.05) is 18.6 Å². The first kappa shape index (κ1) is 23.8. The van der Waals surface area contributed by atoms with Crippen LogP contribution in [0.1, 0.15) is 67.2 Å². The Morgan fingerprint density at radius 1 is 1.06 bits per heavy atom. The lowest BCUT2D eigenvalue weighted by Gasteiger charge is -2.36. The van der Waals surface area contributed by atoms with Crippen molar-refractivity contribution in [2.24, 2.45) is 28.8 Å². The predicted octanol–water partition coefficient (Wildman–Crippen LogP) is 5.87. The molecule has 8 heteroatoms. The first-order valence-electron chi connectivity index (χ1n) is 13.0. The van der Waals surface area contributed by atoms with Crippen LogP contribution in [0.3, 0.4) is 0 Å². The second kappa shape index (κ2) is 10.1. The topological polar surface area (TPSA) is 76.0 Å². The molecule has 1 aliphatic heterocycles. The highest BCUT2D eigenvalue weighted by atomic mass is 32.1. The number of hydrogen-bond acceptors (Lipinski definition) is 7. The minimum Gasteiger partial charge on any atom is -0.455 e. The van der Waals surface area contributed by atoms with Gasteiger partial charge in [0, 0.05) is 27.5 Å². The van der Waals surface area contributed by atoms with E-state index in [9.17, 15) is 14.4 Å². The minimum absolute atomic E-state index is 0.0179. The van der Waals surface area contributed by atoms with Gasteiger partial charge < -0.3 is 4.74 Å². The highest BCUT2D eigenvalue weighted by Gasteiger charge is 2.45. The van der Waals surface area contributed by atoms with E-state index in [1.54, 1.807) is 27.7 Å². The molecule has 4 aliphatic rings. The molecule has 2 bridgehead atoms. The van der Waals surface area contributed by atoms with Crippen LogP contribution in [-0.2, 0) is 19.1 Å². The molecule has 2 aromatic rings. The van der Waals surface area contributed by atoms with Crippen molar-refractivity contribution in [3.63, 3.8) is 0 Å². The molecule has 0 saturated heterocycles. The Labute approximate surface area is 219 Å². The van der Waals surface area contributed by atoms with Crippen molar-refractivity contribution in [2.75, 3.05) is 6.61 Å². The minimum atomic E-state index is -0.344. The maximum Gasteiger partial charge on any atom is 0.309 e. The Morgan fingerprint density at radius 2 is 1.83 bits per heavy atom. The first-order chi connectivity index (χ1) is 17.6. The van der Waals surface area contributed by atoms with Gasteiger partial charge in [-0.25, -0.2) is 5.01 Å². The fourth-order valence-corrected chi connectivity index (χ4v) is 8.04. The number of nitrogens with zero attached hydrogens (tertiary/aromatic N) is 2. The molecule has 188 valence electrons. The molecule has 0 radical (unpaired) electrons. The number of amides is 1. The molecule has 0 aromatic carbocycles. The maximum absolute atomic E-state index is 13.4. The van der Waals surface area contributed by atoms with E-state index in [0.29, 0.717) is 18.6 Å². The van der Waals surface area contributed by atoms with Gasteiger partial charge >= 0.3 is 5.97 Å². The van der Waals surface area contributed by atoms with Crippen LogP contribution in [0, 0.1) is 23.7 Å². The molecule has 4 atom stereocenters. The van der Waals surface area contributed by atoms with Crippen LogP contribution in [0.2, 0.25) is 0 Å². The summed E-state index contributed by atoms with van der Waals surface area (Å²) in [4.78, 5) is 41.0. The summed E-state index contributed by atoms with van der Waals surface area (Å²) in [6.07, 6.45) is 9.11. The van der Waals surface area contributed by atoms with Crippen LogP contribution in [0.4, 0.5) is 0 Å². The lowest BCUT2D eigenvalue weighted by Crippen LogP contribution is -2.40. The number of fused-ring (bicyclic) bond motifs is 3. The molecule has 3 fully saturated rings. The van der Waals surface area contributed by atoms with Crippen molar-refractivity contribution in [2.45, 2.75) is 57.4 Å². The Kier molecular flexibility index (Phi) is 6.65. The van der Waals surface area contributed by atoms with Gasteiger partial charge in [0.25, 0.3) is 5.91 Å². The van der Waals surface area contributed by atoms with Crippen LogP contribution in [-0.4, -0.2) is 35.0 Å². The lowest BCUT2D eigenvalue weighted by molar-refractivity contribution is -0.159. The van der Waals surface area contributed by atoms with Gasteiger partial charge in [0.2, 0.25) is 0 Å². The van der Waals surface area contributed by atoms with Crippen LogP contribution in [0.5, 0.6) is 0 Å². The highest BCUT2D eigenvalue weighted by molar-refractivity contribution is 7.11. The summed E-state index contributed by atoms with van der Waals surface area (Å²) < 4.78 is 5.57. The van der Waals surface area contributed by atoms with E-state index in [-0.39, 0.29) is 48.2 Å². The van der Waals surface area contributed by atoms with Gasteiger partial charge in [-0.2, -0.15) is 5.10 Å². The van der Waals surface area contributed by atoms with Gasteiger partial charge in [0.05, 0.1) is 17.7 Å². The summed E-state index contributed by atoms with van der Waals surface area (Å²) in [7, 11) is 0. The van der Waals surface area contributed by atoms with E-state index in [4.69, 9.17) is 9.84 Å². The standard InChI is InChI=1S/C28H30N2O4S2/c31-24(16-34-28(33)20-13-18-6-1-7-19(14-20)27(18)32)30-26(23-10-4-12-36-23)22-9-2-5-17(25(22)29-30)15-21-8-3-11-35-21/h3-4,8,10-12,15,18-20,22,26H,1-2,5-7,9,13-14,16H2/b17-15+/t18-,19-,22+,26-/m1/s1. The Balaban J connectivity index is 1.19. The smallest absolute Gasteiger partial charge is 0.309 e. The normalized spacial score (nSPS) is 30.7. The van der Waals surface area contributed by atoms with Crippen molar-refractivity contribution < 1.29 is 19.1 Å². The second-order valence-corrected chi connectivity index (χ2v) is 12.3. The number of ether oxygens (including phenoxy) is 1. The molecule has 36 heavy (non-hydrogen) atoms. The summed E-state index contributed by atoms with van der Waals surface area (Å²) in [6.45, 7) is -0.312. The molecule has 2 aromatic heterocycles. The highest BCUT2D eigenvalue weighted by Crippen LogP contribution is 2.46. The van der Waals surface area contributed by atoms with E-state index in [1.165, 1.54) is 10.5 Å². The number of Topliss-reactive ketones (excluding diaryl/α,β-unsaturated/α-hetero) is 1. The van der Waals surface area contributed by atoms with E-state index in [1.807, 2.05) is 17.5 Å². The molecule has 3 saturated carbocycles. The number of ketones is 1. The molecule has 3 aliphatic carbocycles. The maximum atomic E-state index is 13.4. The van der Waals surface area contributed by atoms with Crippen molar-refractivity contribution in [3.05, 3.63) is 50.4 Å². The summed E-state index contributed by atoms with van der Waals surface area (Å²) >= 11 is 3.33. The Bertz CT molecular complexity index is 1180. The molecule has 6 rings (SSSR count). The number of hydrazone groups is 1. The molecule has 1 amide bonds. The summed E-state index contributed by atoms with van der Waals surface area (Å²) in [5.41, 5.74) is 2.19. The van der Waals surface area contributed by atoms with Crippen LogP contribution < -0.4 is 0 Å². The molecular formula is C28H30N2O4S2. The molecular weight excluding hydrogens is 492 g/mol.